The average Bonchev–Trinajstić information content (AvgIpc) is 3.10. The molecule has 7 nitrogen and oxygen atoms in total. The Balaban J connectivity index is 1.57. The van der Waals surface area contributed by atoms with Gasteiger partial charge in [0.1, 0.15) is 12.2 Å². The highest BCUT2D eigenvalue weighted by atomic mass is 16.5. The Morgan fingerprint density at radius 1 is 1.17 bits per heavy atom. The van der Waals surface area contributed by atoms with E-state index in [4.69, 9.17) is 9.26 Å². The van der Waals surface area contributed by atoms with E-state index in [-0.39, 0.29) is 12.4 Å². The van der Waals surface area contributed by atoms with Crippen LogP contribution in [-0.4, -0.2) is 35.3 Å². The Labute approximate surface area is 140 Å². The highest BCUT2D eigenvalue weighted by Gasteiger charge is 2.26. The molecule has 2 aromatic heterocycles. The number of ether oxygens (including phenoxy) is 2. The second-order valence-corrected chi connectivity index (χ2v) is 6.02. The highest BCUT2D eigenvalue weighted by molar-refractivity contribution is 5.71. The topological polar surface area (TPSA) is 87.3 Å². The van der Waals surface area contributed by atoms with Gasteiger partial charge < -0.3 is 14.0 Å². The zero-order valence-corrected chi connectivity index (χ0v) is 13.9. The fourth-order valence-electron chi connectivity index (χ4n) is 3.18. The summed E-state index contributed by atoms with van der Waals surface area (Å²) in [6.07, 6.45) is 7.99. The van der Waals surface area contributed by atoms with Crippen molar-refractivity contribution in [1.29, 1.82) is 0 Å². The van der Waals surface area contributed by atoms with Crippen LogP contribution in [0.15, 0.2) is 23.0 Å². The van der Waals surface area contributed by atoms with Gasteiger partial charge in [-0.3, -0.25) is 4.79 Å². The minimum atomic E-state index is -0.319. The average molecular weight is 331 g/mol. The van der Waals surface area contributed by atoms with Crippen LogP contribution in [0.3, 0.4) is 0 Å². The van der Waals surface area contributed by atoms with E-state index in [1.54, 1.807) is 7.11 Å². The van der Waals surface area contributed by atoms with Gasteiger partial charge in [-0.2, -0.15) is 0 Å². The largest absolute Gasteiger partial charge is 0.469 e. The smallest absolute Gasteiger partial charge is 0.316 e. The van der Waals surface area contributed by atoms with Crippen LogP contribution in [0.5, 0.6) is 6.01 Å². The first-order chi connectivity index (χ1) is 11.7. The summed E-state index contributed by atoms with van der Waals surface area (Å²) in [4.78, 5) is 19.6. The van der Waals surface area contributed by atoms with E-state index in [0.29, 0.717) is 23.6 Å². The second kappa shape index (κ2) is 7.42. The molecule has 3 rings (SSSR count). The molecular weight excluding hydrogens is 310 g/mol. The molecule has 0 amide bonds. The Kier molecular flexibility index (Phi) is 5.08. The quantitative estimate of drug-likeness (QED) is 0.778. The van der Waals surface area contributed by atoms with E-state index in [0.717, 1.165) is 36.9 Å². The maximum absolute atomic E-state index is 11.3. The molecule has 7 heteroatoms. The van der Waals surface area contributed by atoms with Crippen molar-refractivity contribution in [2.24, 2.45) is 0 Å². The predicted molar refractivity (Wildman–Crippen MR) is 84.8 cm³/mol. The Hall–Kier alpha value is -2.44. The molecule has 2 aromatic rings. The van der Waals surface area contributed by atoms with Gasteiger partial charge in [0.2, 0.25) is 0 Å². The van der Waals surface area contributed by atoms with Crippen LogP contribution < -0.4 is 4.74 Å². The Morgan fingerprint density at radius 2 is 1.83 bits per heavy atom. The van der Waals surface area contributed by atoms with Crippen LogP contribution in [0.4, 0.5) is 0 Å². The number of carbonyl (C=O) groups excluding carboxylic acids is 1. The summed E-state index contributed by atoms with van der Waals surface area (Å²) in [6, 6.07) is 2.27. The van der Waals surface area contributed by atoms with Gasteiger partial charge in [0, 0.05) is 24.4 Å². The molecule has 2 heterocycles. The third-order valence-electron chi connectivity index (χ3n) is 4.57. The Bertz CT molecular complexity index is 675. The lowest BCUT2D eigenvalue weighted by Crippen LogP contribution is -2.13. The molecule has 1 aliphatic carbocycles. The predicted octanol–water partition coefficient (Wildman–Crippen LogP) is 2.63. The van der Waals surface area contributed by atoms with Crippen LogP contribution in [-0.2, 0) is 16.0 Å². The lowest BCUT2D eigenvalue weighted by Gasteiger charge is -2.27. The zero-order chi connectivity index (χ0) is 16.9. The van der Waals surface area contributed by atoms with Gasteiger partial charge in [0.25, 0.3) is 0 Å². The lowest BCUT2D eigenvalue weighted by atomic mass is 9.78. The summed E-state index contributed by atoms with van der Waals surface area (Å²) in [5.41, 5.74) is 2.08. The van der Waals surface area contributed by atoms with Crippen molar-refractivity contribution in [3.8, 4) is 6.01 Å². The summed E-state index contributed by atoms with van der Waals surface area (Å²) in [7, 11) is 2.93. The standard InChI is InChI=1S/C17H21N3O4/c1-22-16(21)8-14-7-15(20-24-14)12-5-3-11(4-6-12)13-9-18-17(23-2)19-10-13/h7,9-12H,3-6,8H2,1-2H3. The summed E-state index contributed by atoms with van der Waals surface area (Å²) < 4.78 is 14.9. The molecule has 0 unspecified atom stereocenters. The summed E-state index contributed by atoms with van der Waals surface area (Å²) >= 11 is 0. The number of nitrogens with zero attached hydrogens (tertiary/aromatic N) is 3. The molecule has 0 saturated heterocycles. The van der Waals surface area contributed by atoms with Gasteiger partial charge in [-0.15, -0.1) is 0 Å². The van der Waals surface area contributed by atoms with Crippen LogP contribution in [0.2, 0.25) is 0 Å². The van der Waals surface area contributed by atoms with Crippen LogP contribution >= 0.6 is 0 Å². The van der Waals surface area contributed by atoms with E-state index in [1.165, 1.54) is 7.11 Å². The SMILES string of the molecule is COC(=O)Cc1cc(C2CCC(c3cnc(OC)nc3)CC2)no1. The number of esters is 1. The first-order valence-corrected chi connectivity index (χ1v) is 8.07. The summed E-state index contributed by atoms with van der Waals surface area (Å²) in [5.74, 6) is 1.08. The lowest BCUT2D eigenvalue weighted by molar-refractivity contribution is -0.140. The molecule has 0 spiro atoms. The monoisotopic (exact) mass is 331 g/mol. The maximum atomic E-state index is 11.3. The first-order valence-electron chi connectivity index (χ1n) is 8.07. The van der Waals surface area contributed by atoms with E-state index in [1.807, 2.05) is 18.5 Å². The van der Waals surface area contributed by atoms with Crippen LogP contribution in [0.25, 0.3) is 0 Å². The van der Waals surface area contributed by atoms with Crippen molar-refractivity contribution in [2.75, 3.05) is 14.2 Å². The highest BCUT2D eigenvalue weighted by Crippen LogP contribution is 2.40. The zero-order valence-electron chi connectivity index (χ0n) is 13.9. The van der Waals surface area contributed by atoms with Crippen molar-refractivity contribution in [1.82, 2.24) is 15.1 Å². The maximum Gasteiger partial charge on any atom is 0.316 e. The number of hydrogen-bond acceptors (Lipinski definition) is 7. The molecule has 0 N–H and O–H groups in total. The Morgan fingerprint density at radius 3 is 2.46 bits per heavy atom. The van der Waals surface area contributed by atoms with E-state index in [9.17, 15) is 4.79 Å². The molecule has 1 saturated carbocycles. The molecule has 1 aliphatic rings. The second-order valence-electron chi connectivity index (χ2n) is 6.02. The third-order valence-corrected chi connectivity index (χ3v) is 4.57. The molecule has 24 heavy (non-hydrogen) atoms. The van der Waals surface area contributed by atoms with Crippen molar-refractivity contribution in [2.45, 2.75) is 43.9 Å². The van der Waals surface area contributed by atoms with Crippen molar-refractivity contribution >= 4 is 5.97 Å². The number of carbonyl (C=O) groups is 1. The minimum Gasteiger partial charge on any atom is -0.469 e. The van der Waals surface area contributed by atoms with Crippen LogP contribution in [0.1, 0.15) is 54.5 Å². The fourth-order valence-corrected chi connectivity index (χ4v) is 3.18. The van der Waals surface area contributed by atoms with Crippen molar-refractivity contribution in [3.05, 3.63) is 35.5 Å². The fraction of sp³-hybridized carbons (Fsp3) is 0.529. The normalized spacial score (nSPS) is 20.6. The van der Waals surface area contributed by atoms with Crippen LogP contribution in [0, 0.1) is 0 Å². The third kappa shape index (κ3) is 3.72. The summed E-state index contributed by atoms with van der Waals surface area (Å²) in [5, 5.41) is 4.12. The molecule has 0 radical (unpaired) electrons. The molecular formula is C17H21N3O4. The number of aromatic nitrogens is 3. The molecule has 128 valence electrons. The van der Waals surface area contributed by atoms with Gasteiger partial charge in [-0.1, -0.05) is 5.16 Å². The molecule has 1 fully saturated rings. The summed E-state index contributed by atoms with van der Waals surface area (Å²) in [6.45, 7) is 0. The molecule has 0 aliphatic heterocycles. The molecule has 0 bridgehead atoms. The molecule has 0 aromatic carbocycles. The van der Waals surface area contributed by atoms with E-state index >= 15 is 0 Å². The molecule has 0 atom stereocenters. The number of rotatable bonds is 5. The first kappa shape index (κ1) is 16.4. The van der Waals surface area contributed by atoms with Crippen molar-refractivity contribution < 1.29 is 18.8 Å². The van der Waals surface area contributed by atoms with E-state index in [2.05, 4.69) is 19.9 Å². The van der Waals surface area contributed by atoms with Gasteiger partial charge >= 0.3 is 12.0 Å². The van der Waals surface area contributed by atoms with Gasteiger partial charge in [0.15, 0.2) is 0 Å². The van der Waals surface area contributed by atoms with Gasteiger partial charge in [0.05, 0.1) is 19.9 Å². The number of hydrogen-bond donors (Lipinski definition) is 0. The van der Waals surface area contributed by atoms with Gasteiger partial charge in [-0.05, 0) is 37.2 Å². The van der Waals surface area contributed by atoms with E-state index < -0.39 is 0 Å². The minimum absolute atomic E-state index is 0.127. The van der Waals surface area contributed by atoms with Gasteiger partial charge in [-0.25, -0.2) is 9.97 Å². The number of methoxy groups -OCH3 is 2. The van der Waals surface area contributed by atoms with Crippen molar-refractivity contribution in [3.63, 3.8) is 0 Å².